The number of amides is 1. The average molecular weight is 588 g/mol. The highest BCUT2D eigenvalue weighted by Crippen LogP contribution is 2.32. The minimum Gasteiger partial charge on any atom is -0.455 e. The summed E-state index contributed by atoms with van der Waals surface area (Å²) in [5.41, 5.74) is 6.29. The molecule has 0 unspecified atom stereocenters. The number of thiazole rings is 1. The largest absolute Gasteiger partial charge is 0.455 e. The fraction of sp³-hybridized carbons (Fsp3) is 0. The van der Waals surface area contributed by atoms with Crippen LogP contribution in [0, 0.1) is 10.1 Å². The molecule has 38 heavy (non-hydrogen) atoms. The first-order valence-corrected chi connectivity index (χ1v) is 12.9. The third kappa shape index (κ3) is 5.85. The van der Waals surface area contributed by atoms with Crippen molar-refractivity contribution in [2.45, 2.75) is 0 Å². The number of halogens is 1. The Morgan fingerprint density at radius 1 is 1.05 bits per heavy atom. The second-order valence-electron chi connectivity index (χ2n) is 7.93. The molecule has 5 aromatic rings. The minimum absolute atomic E-state index is 0.0270. The summed E-state index contributed by atoms with van der Waals surface area (Å²) in [4.78, 5) is 27.5. The van der Waals surface area contributed by atoms with Gasteiger partial charge < -0.3 is 9.73 Å². The van der Waals surface area contributed by atoms with Crippen molar-refractivity contribution in [2.24, 2.45) is 5.10 Å². The van der Waals surface area contributed by atoms with Gasteiger partial charge in [0.2, 0.25) is 0 Å². The van der Waals surface area contributed by atoms with Crippen molar-refractivity contribution in [3.05, 3.63) is 116 Å². The van der Waals surface area contributed by atoms with Gasteiger partial charge in [0.1, 0.15) is 11.5 Å². The van der Waals surface area contributed by atoms with Crippen LogP contribution in [0.4, 0.5) is 16.5 Å². The van der Waals surface area contributed by atoms with Crippen LogP contribution in [0.2, 0.25) is 0 Å². The Morgan fingerprint density at radius 2 is 1.84 bits per heavy atom. The maximum absolute atomic E-state index is 12.5. The number of nitro groups is 1. The number of hydrogen-bond acceptors (Lipinski definition) is 8. The zero-order valence-corrected chi connectivity index (χ0v) is 21.9. The molecule has 0 fully saturated rings. The summed E-state index contributed by atoms with van der Waals surface area (Å²) in [5.74, 6) is 0.528. The van der Waals surface area contributed by atoms with Gasteiger partial charge in [-0.1, -0.05) is 30.3 Å². The molecule has 0 aliphatic heterocycles. The fourth-order valence-electron chi connectivity index (χ4n) is 3.50. The Hall–Kier alpha value is -4.61. The molecule has 0 aliphatic carbocycles. The minimum atomic E-state index is -0.468. The number of nitrogens with zero attached hydrogens (tertiary/aromatic N) is 3. The lowest BCUT2D eigenvalue weighted by molar-refractivity contribution is -0.384. The maximum atomic E-state index is 12.5. The van der Waals surface area contributed by atoms with E-state index in [1.807, 2.05) is 35.7 Å². The number of nitro benzene ring substituents is 1. The zero-order chi connectivity index (χ0) is 26.5. The van der Waals surface area contributed by atoms with Gasteiger partial charge in [0.05, 0.1) is 16.8 Å². The van der Waals surface area contributed by atoms with E-state index in [4.69, 9.17) is 4.42 Å². The van der Waals surface area contributed by atoms with Gasteiger partial charge in [0, 0.05) is 44.4 Å². The van der Waals surface area contributed by atoms with Crippen molar-refractivity contribution in [1.82, 2.24) is 10.4 Å². The highest BCUT2D eigenvalue weighted by atomic mass is 79.9. The third-order valence-corrected chi connectivity index (χ3v) is 6.80. The fourth-order valence-corrected chi connectivity index (χ4v) is 4.81. The standard InChI is InChI=1S/C27H18BrN5O4S/c28-23-14-20(33(35)36)10-12-22(23)25-13-11-21(37-25)15-29-32-26(34)18-6-8-19(9-7-18)30-27-31-24(16-38-27)17-4-2-1-3-5-17/h1-16H,(H,30,31)(H,32,34)/b29-15-. The van der Waals surface area contributed by atoms with Crippen molar-refractivity contribution in [2.75, 3.05) is 5.32 Å². The molecule has 9 nitrogen and oxygen atoms in total. The van der Waals surface area contributed by atoms with E-state index in [1.54, 1.807) is 42.5 Å². The number of nitrogens with one attached hydrogen (secondary N) is 2. The number of benzene rings is 3. The van der Waals surface area contributed by atoms with E-state index in [0.717, 1.165) is 22.1 Å². The van der Waals surface area contributed by atoms with Gasteiger partial charge in [-0.15, -0.1) is 11.3 Å². The molecule has 3 aromatic carbocycles. The van der Waals surface area contributed by atoms with Crippen LogP contribution in [0.1, 0.15) is 16.1 Å². The molecule has 188 valence electrons. The van der Waals surface area contributed by atoms with E-state index in [0.29, 0.717) is 27.1 Å². The Bertz CT molecular complexity index is 1630. The predicted octanol–water partition coefficient (Wildman–Crippen LogP) is 7.25. The lowest BCUT2D eigenvalue weighted by Gasteiger charge is -2.04. The van der Waals surface area contributed by atoms with Gasteiger partial charge >= 0.3 is 0 Å². The highest BCUT2D eigenvalue weighted by Gasteiger charge is 2.13. The molecule has 0 atom stereocenters. The number of aromatic nitrogens is 1. The van der Waals surface area contributed by atoms with E-state index in [-0.39, 0.29) is 11.6 Å². The summed E-state index contributed by atoms with van der Waals surface area (Å²) in [6.07, 6.45) is 1.38. The van der Waals surface area contributed by atoms with Crippen LogP contribution >= 0.6 is 27.3 Å². The molecular weight excluding hydrogens is 570 g/mol. The van der Waals surface area contributed by atoms with Gasteiger partial charge in [-0.3, -0.25) is 14.9 Å². The Labute approximate surface area is 229 Å². The van der Waals surface area contributed by atoms with Crippen LogP contribution in [0.15, 0.2) is 104 Å². The molecule has 2 N–H and O–H groups in total. The molecule has 11 heteroatoms. The topological polar surface area (TPSA) is 123 Å². The molecule has 1 amide bonds. The maximum Gasteiger partial charge on any atom is 0.271 e. The summed E-state index contributed by atoms with van der Waals surface area (Å²) in [6.45, 7) is 0. The quantitative estimate of drug-likeness (QED) is 0.112. The summed E-state index contributed by atoms with van der Waals surface area (Å²) in [5, 5.41) is 20.9. The molecule has 0 aliphatic rings. The number of non-ortho nitro benzene ring substituents is 1. The SMILES string of the molecule is O=C(N/N=C\c1ccc(-c2ccc([N+](=O)[O-])cc2Br)o1)c1ccc(Nc2nc(-c3ccccc3)cs2)cc1. The van der Waals surface area contributed by atoms with E-state index in [9.17, 15) is 14.9 Å². The molecular formula is C27H18BrN5O4S. The van der Waals surface area contributed by atoms with Crippen LogP contribution < -0.4 is 10.7 Å². The molecule has 0 radical (unpaired) electrons. The van der Waals surface area contributed by atoms with Crippen molar-refractivity contribution in [3.63, 3.8) is 0 Å². The molecule has 0 spiro atoms. The number of furan rings is 1. The van der Waals surface area contributed by atoms with Gasteiger partial charge in [0.15, 0.2) is 5.13 Å². The number of carbonyl (C=O) groups excluding carboxylic acids is 1. The number of carbonyl (C=O) groups is 1. The predicted molar refractivity (Wildman–Crippen MR) is 151 cm³/mol. The van der Waals surface area contributed by atoms with Crippen molar-refractivity contribution < 1.29 is 14.1 Å². The van der Waals surface area contributed by atoms with Crippen molar-refractivity contribution in [1.29, 1.82) is 0 Å². The molecule has 0 saturated carbocycles. The first-order valence-electron chi connectivity index (χ1n) is 11.2. The Balaban J connectivity index is 1.17. The summed E-state index contributed by atoms with van der Waals surface area (Å²) in [7, 11) is 0. The molecule has 2 aromatic heterocycles. The highest BCUT2D eigenvalue weighted by molar-refractivity contribution is 9.10. The van der Waals surface area contributed by atoms with Crippen LogP contribution in [-0.4, -0.2) is 22.0 Å². The molecule has 2 heterocycles. The third-order valence-electron chi connectivity index (χ3n) is 5.39. The normalized spacial score (nSPS) is 11.0. The summed E-state index contributed by atoms with van der Waals surface area (Å²) < 4.78 is 6.26. The first kappa shape index (κ1) is 25.1. The second-order valence-corrected chi connectivity index (χ2v) is 9.64. The van der Waals surface area contributed by atoms with Crippen LogP contribution in [0.3, 0.4) is 0 Å². The number of hydrogen-bond donors (Lipinski definition) is 2. The van der Waals surface area contributed by atoms with E-state index >= 15 is 0 Å². The second kappa shape index (κ2) is 11.2. The van der Waals surface area contributed by atoms with Crippen LogP contribution in [0.5, 0.6) is 0 Å². The number of hydrazone groups is 1. The van der Waals surface area contributed by atoms with Crippen molar-refractivity contribution >= 4 is 55.9 Å². The van der Waals surface area contributed by atoms with Gasteiger partial charge in [0.25, 0.3) is 11.6 Å². The molecule has 0 saturated heterocycles. The first-order chi connectivity index (χ1) is 18.5. The van der Waals surface area contributed by atoms with E-state index in [1.165, 1.54) is 29.7 Å². The van der Waals surface area contributed by atoms with E-state index < -0.39 is 4.92 Å². The monoisotopic (exact) mass is 587 g/mol. The molecule has 5 rings (SSSR count). The van der Waals surface area contributed by atoms with E-state index in [2.05, 4.69) is 36.8 Å². The Kier molecular flexibility index (Phi) is 7.38. The van der Waals surface area contributed by atoms with Crippen LogP contribution in [0.25, 0.3) is 22.6 Å². The van der Waals surface area contributed by atoms with Gasteiger partial charge in [-0.25, -0.2) is 10.4 Å². The molecule has 0 bridgehead atoms. The van der Waals surface area contributed by atoms with Crippen LogP contribution in [-0.2, 0) is 0 Å². The summed E-state index contributed by atoms with van der Waals surface area (Å²) >= 11 is 4.83. The zero-order valence-electron chi connectivity index (χ0n) is 19.5. The number of anilines is 2. The lowest BCUT2D eigenvalue weighted by Crippen LogP contribution is -2.17. The van der Waals surface area contributed by atoms with Crippen molar-refractivity contribution in [3.8, 4) is 22.6 Å². The number of rotatable bonds is 8. The average Bonchev–Trinajstić information content (AvgIpc) is 3.59. The Morgan fingerprint density at radius 3 is 2.58 bits per heavy atom. The smallest absolute Gasteiger partial charge is 0.271 e. The lowest BCUT2D eigenvalue weighted by atomic mass is 10.1. The summed E-state index contributed by atoms with van der Waals surface area (Å²) in [6, 6.07) is 24.7. The van der Waals surface area contributed by atoms with Gasteiger partial charge in [-0.2, -0.15) is 5.10 Å². The van der Waals surface area contributed by atoms with Gasteiger partial charge in [-0.05, 0) is 58.4 Å².